The normalized spacial score (nSPS) is 23.9. The van der Waals surface area contributed by atoms with E-state index in [0.717, 1.165) is 19.6 Å². The van der Waals surface area contributed by atoms with Gasteiger partial charge >= 0.3 is 0 Å². The molecule has 1 saturated heterocycles. The molecule has 0 unspecified atom stereocenters. The molecule has 1 aliphatic heterocycles. The lowest BCUT2D eigenvalue weighted by atomic mass is 9.98. The summed E-state index contributed by atoms with van der Waals surface area (Å²) >= 11 is 0. The smallest absolute Gasteiger partial charge is 0.0525 e. The van der Waals surface area contributed by atoms with Crippen molar-refractivity contribution >= 4 is 0 Å². The fourth-order valence-electron chi connectivity index (χ4n) is 2.87. The quantitative estimate of drug-likeness (QED) is 0.901. The summed E-state index contributed by atoms with van der Waals surface area (Å²) in [6.45, 7) is 2.95. The molecule has 1 aliphatic rings. The molecule has 4 nitrogen and oxygen atoms in total. The Morgan fingerprint density at radius 2 is 2.05 bits per heavy atom. The minimum Gasteiger partial charge on any atom is -0.326 e. The lowest BCUT2D eigenvalue weighted by Gasteiger charge is -2.15. The molecule has 0 amide bonds. The third-order valence-corrected chi connectivity index (χ3v) is 3.84. The fraction of sp³-hybridized carbons (Fsp3) is 0.400. The van der Waals surface area contributed by atoms with Gasteiger partial charge in [0.05, 0.1) is 6.20 Å². The average molecular weight is 256 g/mol. The Morgan fingerprint density at radius 1 is 1.26 bits per heavy atom. The van der Waals surface area contributed by atoms with Crippen LogP contribution in [0.1, 0.15) is 17.0 Å². The van der Waals surface area contributed by atoms with E-state index in [1.807, 2.05) is 17.9 Å². The van der Waals surface area contributed by atoms with Crippen LogP contribution in [0.4, 0.5) is 0 Å². The van der Waals surface area contributed by atoms with Gasteiger partial charge in [0.15, 0.2) is 0 Å². The first-order chi connectivity index (χ1) is 9.22. The van der Waals surface area contributed by atoms with Gasteiger partial charge in [-0.1, -0.05) is 30.3 Å². The third-order valence-electron chi connectivity index (χ3n) is 3.84. The summed E-state index contributed by atoms with van der Waals surface area (Å²) in [5, 5.41) is 4.25. The van der Waals surface area contributed by atoms with E-state index >= 15 is 0 Å². The van der Waals surface area contributed by atoms with Crippen molar-refractivity contribution in [3.8, 4) is 0 Å². The van der Waals surface area contributed by atoms with Crippen LogP contribution in [0.5, 0.6) is 0 Å². The number of aryl methyl sites for hydroxylation is 1. The van der Waals surface area contributed by atoms with E-state index in [1.54, 1.807) is 0 Å². The van der Waals surface area contributed by atoms with Crippen molar-refractivity contribution < 1.29 is 0 Å². The van der Waals surface area contributed by atoms with E-state index in [1.165, 1.54) is 11.1 Å². The molecule has 0 saturated carbocycles. The number of benzene rings is 1. The van der Waals surface area contributed by atoms with Crippen LogP contribution in [0.2, 0.25) is 0 Å². The molecule has 2 atom stereocenters. The molecule has 1 fully saturated rings. The maximum atomic E-state index is 6.29. The Kier molecular flexibility index (Phi) is 3.36. The lowest BCUT2D eigenvalue weighted by Crippen LogP contribution is -2.28. The second-order valence-electron chi connectivity index (χ2n) is 5.40. The zero-order valence-corrected chi connectivity index (χ0v) is 11.2. The molecule has 19 heavy (non-hydrogen) atoms. The van der Waals surface area contributed by atoms with Crippen molar-refractivity contribution in [3.05, 3.63) is 53.9 Å². The highest BCUT2D eigenvalue weighted by Gasteiger charge is 2.31. The SMILES string of the molecule is Cn1cc([C@H]2CN(Cc3ccccc3)C[C@H]2N)cn1. The Bertz CT molecular complexity index is 534. The number of rotatable bonds is 3. The number of nitrogens with two attached hydrogens (primary N) is 1. The van der Waals surface area contributed by atoms with E-state index in [2.05, 4.69) is 46.5 Å². The molecular formula is C15H20N4. The molecular weight excluding hydrogens is 236 g/mol. The number of hydrogen-bond acceptors (Lipinski definition) is 3. The van der Waals surface area contributed by atoms with E-state index in [0.29, 0.717) is 5.92 Å². The second kappa shape index (κ2) is 5.15. The van der Waals surface area contributed by atoms with E-state index < -0.39 is 0 Å². The van der Waals surface area contributed by atoms with Crippen molar-refractivity contribution in [1.29, 1.82) is 0 Å². The molecule has 100 valence electrons. The van der Waals surface area contributed by atoms with Crippen molar-refractivity contribution in [3.63, 3.8) is 0 Å². The Labute approximate surface area is 113 Å². The predicted octanol–water partition coefficient (Wildman–Crippen LogP) is 1.35. The zero-order chi connectivity index (χ0) is 13.2. The molecule has 2 heterocycles. The molecule has 1 aromatic carbocycles. The number of aromatic nitrogens is 2. The van der Waals surface area contributed by atoms with E-state index in [9.17, 15) is 0 Å². The Balaban J connectivity index is 1.68. The van der Waals surface area contributed by atoms with E-state index in [-0.39, 0.29) is 6.04 Å². The standard InChI is InChI=1S/C15H20N4/c1-18-9-13(7-17-18)14-10-19(11-15(14)16)8-12-5-3-2-4-6-12/h2-7,9,14-15H,8,10-11,16H2,1H3/t14-,15-/m1/s1. The first kappa shape index (κ1) is 12.4. The molecule has 0 bridgehead atoms. The first-order valence-corrected chi connectivity index (χ1v) is 6.73. The minimum absolute atomic E-state index is 0.202. The van der Waals surface area contributed by atoms with Crippen molar-refractivity contribution in [1.82, 2.24) is 14.7 Å². The van der Waals surface area contributed by atoms with Crippen molar-refractivity contribution in [2.75, 3.05) is 13.1 Å². The summed E-state index contributed by atoms with van der Waals surface area (Å²) < 4.78 is 1.85. The molecule has 0 spiro atoms. The molecule has 0 aliphatic carbocycles. The van der Waals surface area contributed by atoms with Gasteiger partial charge in [-0.15, -0.1) is 0 Å². The second-order valence-corrected chi connectivity index (χ2v) is 5.40. The molecule has 4 heteroatoms. The highest BCUT2D eigenvalue weighted by atomic mass is 15.2. The number of nitrogens with zero attached hydrogens (tertiary/aromatic N) is 3. The summed E-state index contributed by atoms with van der Waals surface area (Å²) in [6.07, 6.45) is 4.02. The molecule has 2 aromatic rings. The van der Waals surface area contributed by atoms with Gasteiger partial charge < -0.3 is 5.73 Å². The number of likely N-dealkylation sites (tertiary alicyclic amines) is 1. The van der Waals surface area contributed by atoms with Gasteiger partial charge in [-0.2, -0.15) is 5.10 Å². The Hall–Kier alpha value is -1.65. The van der Waals surface area contributed by atoms with Gasteiger partial charge in [-0.3, -0.25) is 9.58 Å². The van der Waals surface area contributed by atoms with Gasteiger partial charge in [0, 0.05) is 44.8 Å². The minimum atomic E-state index is 0.202. The fourth-order valence-corrected chi connectivity index (χ4v) is 2.87. The number of hydrogen-bond donors (Lipinski definition) is 1. The maximum Gasteiger partial charge on any atom is 0.0525 e. The van der Waals surface area contributed by atoms with Gasteiger partial charge in [0.1, 0.15) is 0 Å². The highest BCUT2D eigenvalue weighted by molar-refractivity contribution is 5.19. The highest BCUT2D eigenvalue weighted by Crippen LogP contribution is 2.27. The Morgan fingerprint density at radius 3 is 2.74 bits per heavy atom. The summed E-state index contributed by atoms with van der Waals surface area (Å²) in [4.78, 5) is 2.43. The monoisotopic (exact) mass is 256 g/mol. The van der Waals surface area contributed by atoms with Gasteiger partial charge in [-0.05, 0) is 11.1 Å². The third kappa shape index (κ3) is 2.69. The van der Waals surface area contributed by atoms with Gasteiger partial charge in [-0.25, -0.2) is 0 Å². The van der Waals surface area contributed by atoms with Crippen LogP contribution in [0, 0.1) is 0 Å². The van der Waals surface area contributed by atoms with Crippen LogP contribution in [0.3, 0.4) is 0 Å². The average Bonchev–Trinajstić information content (AvgIpc) is 2.97. The summed E-state index contributed by atoms with van der Waals surface area (Å²) in [5.41, 5.74) is 8.89. The maximum absolute atomic E-state index is 6.29. The largest absolute Gasteiger partial charge is 0.326 e. The molecule has 2 N–H and O–H groups in total. The zero-order valence-electron chi connectivity index (χ0n) is 11.2. The molecule has 0 radical (unpaired) electrons. The lowest BCUT2D eigenvalue weighted by molar-refractivity contribution is 0.324. The van der Waals surface area contributed by atoms with Crippen LogP contribution >= 0.6 is 0 Å². The van der Waals surface area contributed by atoms with E-state index in [4.69, 9.17) is 5.73 Å². The van der Waals surface area contributed by atoms with Crippen LogP contribution in [0.15, 0.2) is 42.7 Å². The molecule has 3 rings (SSSR count). The predicted molar refractivity (Wildman–Crippen MR) is 75.6 cm³/mol. The summed E-state index contributed by atoms with van der Waals surface area (Å²) in [7, 11) is 1.95. The summed E-state index contributed by atoms with van der Waals surface area (Å²) in [5.74, 6) is 0.400. The van der Waals surface area contributed by atoms with Crippen LogP contribution in [0.25, 0.3) is 0 Å². The van der Waals surface area contributed by atoms with Gasteiger partial charge in [0.2, 0.25) is 0 Å². The van der Waals surface area contributed by atoms with Crippen LogP contribution in [-0.2, 0) is 13.6 Å². The van der Waals surface area contributed by atoms with Crippen molar-refractivity contribution in [2.45, 2.75) is 18.5 Å². The van der Waals surface area contributed by atoms with Crippen LogP contribution < -0.4 is 5.73 Å². The first-order valence-electron chi connectivity index (χ1n) is 6.73. The topological polar surface area (TPSA) is 47.1 Å². The summed E-state index contributed by atoms with van der Waals surface area (Å²) in [6, 6.07) is 10.8. The molecule has 1 aromatic heterocycles. The van der Waals surface area contributed by atoms with Gasteiger partial charge in [0.25, 0.3) is 0 Å². The van der Waals surface area contributed by atoms with Crippen LogP contribution in [-0.4, -0.2) is 33.8 Å². The van der Waals surface area contributed by atoms with Crippen molar-refractivity contribution in [2.24, 2.45) is 12.8 Å².